The molecule has 0 unspecified atom stereocenters. The average Bonchev–Trinajstić information content (AvgIpc) is 3.02. The van der Waals surface area contributed by atoms with E-state index in [-0.39, 0.29) is 5.91 Å². The molecule has 8 nitrogen and oxygen atoms in total. The van der Waals surface area contributed by atoms with Crippen LogP contribution < -0.4 is 10.2 Å². The van der Waals surface area contributed by atoms with Gasteiger partial charge in [0.1, 0.15) is 23.5 Å². The molecular formula is C19H22N6O2. The van der Waals surface area contributed by atoms with E-state index in [9.17, 15) is 4.79 Å². The zero-order chi connectivity index (χ0) is 18.8. The second-order valence-corrected chi connectivity index (χ2v) is 6.63. The van der Waals surface area contributed by atoms with Gasteiger partial charge in [0, 0.05) is 25.4 Å². The summed E-state index contributed by atoms with van der Waals surface area (Å²) in [4.78, 5) is 28.0. The molecule has 1 aliphatic heterocycles. The van der Waals surface area contributed by atoms with Gasteiger partial charge in [-0.2, -0.15) is 0 Å². The lowest BCUT2D eigenvalue weighted by Crippen LogP contribution is -2.37. The van der Waals surface area contributed by atoms with Crippen LogP contribution >= 0.6 is 0 Å². The van der Waals surface area contributed by atoms with E-state index in [1.54, 1.807) is 0 Å². The molecule has 1 fully saturated rings. The summed E-state index contributed by atoms with van der Waals surface area (Å²) >= 11 is 0. The number of carbonyl (C=O) groups is 1. The van der Waals surface area contributed by atoms with Gasteiger partial charge in [0.2, 0.25) is 0 Å². The Hall–Kier alpha value is -3.00. The highest BCUT2D eigenvalue weighted by molar-refractivity contribution is 5.94. The summed E-state index contributed by atoms with van der Waals surface area (Å²) in [7, 11) is 0. The third-order valence-electron chi connectivity index (χ3n) is 4.65. The number of pyridine rings is 1. The normalized spacial score (nSPS) is 14.5. The number of aryl methyl sites for hydroxylation is 2. The van der Waals surface area contributed by atoms with Gasteiger partial charge < -0.3 is 15.0 Å². The molecule has 3 aromatic heterocycles. The molecule has 1 amide bonds. The number of amides is 1. The standard InChI is InChI=1S/C19H22N6O2/c1-13-3-4-25-17(9-13)23-14(2)18(25)19(26)20-11-15-10-16(22-12-21-15)24-5-7-27-8-6-24/h3-4,9-10,12H,5-8,11H2,1-2H3,(H,20,26). The van der Waals surface area contributed by atoms with Crippen LogP contribution in [-0.2, 0) is 11.3 Å². The number of rotatable bonds is 4. The van der Waals surface area contributed by atoms with Crippen LogP contribution in [0.5, 0.6) is 0 Å². The Morgan fingerprint density at radius 3 is 2.85 bits per heavy atom. The zero-order valence-corrected chi connectivity index (χ0v) is 15.5. The number of morpholine rings is 1. The second-order valence-electron chi connectivity index (χ2n) is 6.63. The van der Waals surface area contributed by atoms with Crippen LogP contribution in [0.2, 0.25) is 0 Å². The highest BCUT2D eigenvalue weighted by atomic mass is 16.5. The molecule has 0 saturated carbocycles. The highest BCUT2D eigenvalue weighted by Gasteiger charge is 2.17. The molecule has 27 heavy (non-hydrogen) atoms. The van der Waals surface area contributed by atoms with Crippen LogP contribution in [0.1, 0.15) is 27.4 Å². The van der Waals surface area contributed by atoms with Crippen molar-refractivity contribution >= 4 is 17.4 Å². The Labute approximate surface area is 157 Å². The minimum absolute atomic E-state index is 0.171. The van der Waals surface area contributed by atoms with Crippen LogP contribution in [0, 0.1) is 13.8 Å². The monoisotopic (exact) mass is 366 g/mol. The van der Waals surface area contributed by atoms with Gasteiger partial charge in [-0.3, -0.25) is 9.20 Å². The van der Waals surface area contributed by atoms with Crippen molar-refractivity contribution in [1.29, 1.82) is 0 Å². The number of hydrogen-bond donors (Lipinski definition) is 1. The predicted octanol–water partition coefficient (Wildman–Crippen LogP) is 1.51. The maximum atomic E-state index is 12.7. The maximum Gasteiger partial charge on any atom is 0.270 e. The Kier molecular flexibility index (Phi) is 4.72. The Morgan fingerprint density at radius 2 is 2.04 bits per heavy atom. The molecule has 0 radical (unpaired) electrons. The van der Waals surface area contributed by atoms with Crippen molar-refractivity contribution in [3.63, 3.8) is 0 Å². The largest absolute Gasteiger partial charge is 0.378 e. The van der Waals surface area contributed by atoms with Crippen molar-refractivity contribution < 1.29 is 9.53 Å². The Bertz CT molecular complexity index is 977. The van der Waals surface area contributed by atoms with Crippen molar-refractivity contribution in [2.24, 2.45) is 0 Å². The molecule has 0 aromatic carbocycles. The van der Waals surface area contributed by atoms with Crippen molar-refractivity contribution in [3.8, 4) is 0 Å². The number of fused-ring (bicyclic) bond motifs is 1. The van der Waals surface area contributed by atoms with Crippen LogP contribution in [0.3, 0.4) is 0 Å². The van der Waals surface area contributed by atoms with E-state index in [1.165, 1.54) is 6.33 Å². The van der Waals surface area contributed by atoms with Gasteiger partial charge in [0.15, 0.2) is 0 Å². The van der Waals surface area contributed by atoms with Crippen molar-refractivity contribution in [1.82, 2.24) is 24.7 Å². The average molecular weight is 366 g/mol. The minimum Gasteiger partial charge on any atom is -0.378 e. The number of anilines is 1. The van der Waals surface area contributed by atoms with Crippen LogP contribution in [-0.4, -0.2) is 51.6 Å². The van der Waals surface area contributed by atoms with Gasteiger partial charge in [-0.05, 0) is 31.5 Å². The molecule has 140 valence electrons. The van der Waals surface area contributed by atoms with Crippen LogP contribution in [0.4, 0.5) is 5.82 Å². The molecule has 3 aromatic rings. The Morgan fingerprint density at radius 1 is 1.22 bits per heavy atom. The molecule has 4 heterocycles. The maximum absolute atomic E-state index is 12.7. The van der Waals surface area contributed by atoms with E-state index in [1.807, 2.05) is 42.6 Å². The number of nitrogens with one attached hydrogen (secondary N) is 1. The number of hydrogen-bond acceptors (Lipinski definition) is 6. The van der Waals surface area contributed by atoms with Gasteiger partial charge in [0.05, 0.1) is 31.1 Å². The summed E-state index contributed by atoms with van der Waals surface area (Å²) in [5.74, 6) is 0.689. The summed E-state index contributed by atoms with van der Waals surface area (Å²) in [5, 5.41) is 2.95. The lowest BCUT2D eigenvalue weighted by molar-refractivity contribution is 0.0944. The van der Waals surface area contributed by atoms with Crippen LogP contribution in [0.25, 0.3) is 5.65 Å². The van der Waals surface area contributed by atoms with E-state index in [0.717, 1.165) is 35.8 Å². The van der Waals surface area contributed by atoms with Crippen LogP contribution in [0.15, 0.2) is 30.7 Å². The molecule has 8 heteroatoms. The summed E-state index contributed by atoms with van der Waals surface area (Å²) in [5.41, 5.74) is 3.90. The molecule has 0 spiro atoms. The van der Waals surface area contributed by atoms with Gasteiger partial charge in [-0.1, -0.05) is 0 Å². The highest BCUT2D eigenvalue weighted by Crippen LogP contribution is 2.15. The van der Waals surface area contributed by atoms with Gasteiger partial charge in [-0.25, -0.2) is 15.0 Å². The third kappa shape index (κ3) is 3.61. The fourth-order valence-electron chi connectivity index (χ4n) is 3.24. The van der Waals surface area contributed by atoms with Crippen molar-refractivity contribution in [2.45, 2.75) is 20.4 Å². The first kappa shape index (κ1) is 17.4. The smallest absolute Gasteiger partial charge is 0.270 e. The molecule has 4 rings (SSSR count). The van der Waals surface area contributed by atoms with E-state index < -0.39 is 0 Å². The van der Waals surface area contributed by atoms with E-state index in [2.05, 4.69) is 25.2 Å². The summed E-state index contributed by atoms with van der Waals surface area (Å²) in [6.45, 7) is 7.19. The zero-order valence-electron chi connectivity index (χ0n) is 15.5. The SMILES string of the molecule is Cc1ccn2c(C(=O)NCc3cc(N4CCOCC4)ncn3)c(C)nc2c1. The second kappa shape index (κ2) is 7.32. The molecule has 0 aliphatic carbocycles. The quantitative estimate of drug-likeness (QED) is 0.753. The lowest BCUT2D eigenvalue weighted by Gasteiger charge is -2.27. The molecule has 0 atom stereocenters. The number of ether oxygens (including phenoxy) is 1. The van der Waals surface area contributed by atoms with Gasteiger partial charge >= 0.3 is 0 Å². The van der Waals surface area contributed by atoms with Crippen molar-refractivity contribution in [2.75, 3.05) is 31.2 Å². The molecule has 1 saturated heterocycles. The first-order valence-electron chi connectivity index (χ1n) is 8.99. The topological polar surface area (TPSA) is 84.7 Å². The fraction of sp³-hybridized carbons (Fsp3) is 0.368. The molecule has 0 bridgehead atoms. The van der Waals surface area contributed by atoms with Gasteiger partial charge in [0.25, 0.3) is 5.91 Å². The lowest BCUT2D eigenvalue weighted by atomic mass is 10.3. The predicted molar refractivity (Wildman–Crippen MR) is 101 cm³/mol. The van der Waals surface area contributed by atoms with E-state index in [4.69, 9.17) is 4.74 Å². The summed E-state index contributed by atoms with van der Waals surface area (Å²) in [6, 6.07) is 5.84. The summed E-state index contributed by atoms with van der Waals surface area (Å²) in [6.07, 6.45) is 3.41. The fourth-order valence-corrected chi connectivity index (χ4v) is 3.24. The van der Waals surface area contributed by atoms with Gasteiger partial charge in [-0.15, -0.1) is 0 Å². The van der Waals surface area contributed by atoms with E-state index in [0.29, 0.717) is 31.1 Å². The molecular weight excluding hydrogens is 344 g/mol. The summed E-state index contributed by atoms with van der Waals surface area (Å²) < 4.78 is 7.19. The first-order chi connectivity index (χ1) is 13.1. The minimum atomic E-state index is -0.171. The van der Waals surface area contributed by atoms with Crippen molar-refractivity contribution in [3.05, 3.63) is 53.4 Å². The van der Waals surface area contributed by atoms with E-state index >= 15 is 0 Å². The molecule has 1 aliphatic rings. The first-order valence-corrected chi connectivity index (χ1v) is 8.99. The number of aromatic nitrogens is 4. The number of nitrogens with zero attached hydrogens (tertiary/aromatic N) is 5. The molecule has 1 N–H and O–H groups in total. The third-order valence-corrected chi connectivity index (χ3v) is 4.65. The Balaban J connectivity index is 1.49. The number of imidazole rings is 1. The number of carbonyl (C=O) groups excluding carboxylic acids is 1.